The van der Waals surface area contributed by atoms with Crippen LogP contribution in [-0.2, 0) is 11.3 Å². The van der Waals surface area contributed by atoms with Crippen molar-refractivity contribution in [1.29, 1.82) is 0 Å². The van der Waals surface area contributed by atoms with Gasteiger partial charge in [0, 0.05) is 25.0 Å². The molecule has 3 rings (SSSR count). The largest absolute Gasteiger partial charge is 0.471 e. The smallest absolute Gasteiger partial charge is 0.244 e. The van der Waals surface area contributed by atoms with Crippen LogP contribution in [0.5, 0.6) is 5.88 Å². The standard InChI is InChI=1S/C15H19N5O2/c1-12-5-6-14(18-17-12)22-13-4-2-8-19(10-13)15(21)11-20-9-3-7-16-20/h3,5-7,9,13H,2,4,8,10-11H2,1H3/t13-/m1/s1. The zero-order valence-electron chi connectivity index (χ0n) is 12.6. The molecule has 1 fully saturated rings. The van der Waals surface area contributed by atoms with Crippen LogP contribution in [0.2, 0.25) is 0 Å². The van der Waals surface area contributed by atoms with E-state index in [0.717, 1.165) is 25.1 Å². The molecule has 0 radical (unpaired) electrons. The Bertz CT molecular complexity index is 611. The molecule has 3 heterocycles. The van der Waals surface area contributed by atoms with Gasteiger partial charge in [-0.15, -0.1) is 5.10 Å². The molecule has 1 aliphatic heterocycles. The number of aryl methyl sites for hydroxylation is 1. The predicted octanol–water partition coefficient (Wildman–Crippen LogP) is 1.05. The van der Waals surface area contributed by atoms with E-state index in [0.29, 0.717) is 12.4 Å². The maximum Gasteiger partial charge on any atom is 0.244 e. The Kier molecular flexibility index (Phi) is 4.32. The number of aromatic nitrogens is 4. The molecule has 0 N–H and O–H groups in total. The first kappa shape index (κ1) is 14.5. The van der Waals surface area contributed by atoms with Crippen molar-refractivity contribution in [3.05, 3.63) is 36.3 Å². The summed E-state index contributed by atoms with van der Waals surface area (Å²) in [6.45, 7) is 3.49. The van der Waals surface area contributed by atoms with Gasteiger partial charge in [-0.1, -0.05) is 0 Å². The molecule has 1 atom stereocenters. The van der Waals surface area contributed by atoms with Crippen molar-refractivity contribution in [2.45, 2.75) is 32.4 Å². The first-order valence-corrected chi connectivity index (χ1v) is 7.43. The van der Waals surface area contributed by atoms with Gasteiger partial charge in [0.15, 0.2) is 0 Å². The minimum atomic E-state index is -0.0349. The molecular weight excluding hydrogens is 282 g/mol. The van der Waals surface area contributed by atoms with Crippen LogP contribution in [0.4, 0.5) is 0 Å². The number of hydrogen-bond acceptors (Lipinski definition) is 5. The Morgan fingerprint density at radius 1 is 1.41 bits per heavy atom. The molecule has 1 amide bonds. The van der Waals surface area contributed by atoms with Gasteiger partial charge >= 0.3 is 0 Å². The summed E-state index contributed by atoms with van der Waals surface area (Å²) in [7, 11) is 0. The number of carbonyl (C=O) groups is 1. The van der Waals surface area contributed by atoms with Gasteiger partial charge in [0.05, 0.1) is 12.2 Å². The van der Waals surface area contributed by atoms with Gasteiger partial charge in [-0.25, -0.2) is 0 Å². The van der Waals surface area contributed by atoms with Gasteiger partial charge in [0.1, 0.15) is 12.6 Å². The van der Waals surface area contributed by atoms with Gasteiger partial charge in [-0.2, -0.15) is 10.2 Å². The van der Waals surface area contributed by atoms with Crippen molar-refractivity contribution in [1.82, 2.24) is 24.9 Å². The molecule has 7 heteroatoms. The maximum atomic E-state index is 12.3. The topological polar surface area (TPSA) is 73.1 Å². The molecule has 0 unspecified atom stereocenters. The lowest BCUT2D eigenvalue weighted by molar-refractivity contribution is -0.134. The Morgan fingerprint density at radius 2 is 2.32 bits per heavy atom. The predicted molar refractivity (Wildman–Crippen MR) is 79.2 cm³/mol. The quantitative estimate of drug-likeness (QED) is 0.844. The number of hydrogen-bond donors (Lipinski definition) is 0. The molecule has 7 nitrogen and oxygen atoms in total. The summed E-state index contributed by atoms with van der Waals surface area (Å²) in [5, 5.41) is 12.1. The van der Waals surface area contributed by atoms with Crippen molar-refractivity contribution < 1.29 is 9.53 Å². The SMILES string of the molecule is Cc1ccc(O[C@@H]2CCCN(C(=O)Cn3cccn3)C2)nn1. The van der Waals surface area contributed by atoms with Crippen molar-refractivity contribution in [3.63, 3.8) is 0 Å². The van der Waals surface area contributed by atoms with Crippen LogP contribution in [0.25, 0.3) is 0 Å². The van der Waals surface area contributed by atoms with Gasteiger partial charge in [-0.3, -0.25) is 9.48 Å². The van der Waals surface area contributed by atoms with Crippen molar-refractivity contribution >= 4 is 5.91 Å². The zero-order chi connectivity index (χ0) is 15.4. The number of likely N-dealkylation sites (tertiary alicyclic amines) is 1. The Hall–Kier alpha value is -2.44. The summed E-state index contributed by atoms with van der Waals surface area (Å²) in [6, 6.07) is 5.49. The van der Waals surface area contributed by atoms with E-state index in [9.17, 15) is 4.79 Å². The van der Waals surface area contributed by atoms with Gasteiger partial charge in [0.2, 0.25) is 11.8 Å². The van der Waals surface area contributed by atoms with Crippen LogP contribution in [0.15, 0.2) is 30.6 Å². The summed E-state index contributed by atoms with van der Waals surface area (Å²) >= 11 is 0. The molecule has 2 aromatic rings. The Morgan fingerprint density at radius 3 is 3.05 bits per heavy atom. The summed E-state index contributed by atoms with van der Waals surface area (Å²) in [4.78, 5) is 14.1. The summed E-state index contributed by atoms with van der Waals surface area (Å²) < 4.78 is 7.47. The Balaban J connectivity index is 1.56. The fourth-order valence-electron chi connectivity index (χ4n) is 2.51. The van der Waals surface area contributed by atoms with Gasteiger partial charge in [-0.05, 0) is 31.9 Å². The fraction of sp³-hybridized carbons (Fsp3) is 0.467. The lowest BCUT2D eigenvalue weighted by Crippen LogP contribution is -2.45. The van der Waals surface area contributed by atoms with E-state index in [-0.39, 0.29) is 18.6 Å². The lowest BCUT2D eigenvalue weighted by Gasteiger charge is -2.32. The number of amides is 1. The van der Waals surface area contributed by atoms with Crippen LogP contribution in [0.3, 0.4) is 0 Å². The molecule has 1 aliphatic rings. The van der Waals surface area contributed by atoms with Crippen LogP contribution < -0.4 is 4.74 Å². The molecular formula is C15H19N5O2. The highest BCUT2D eigenvalue weighted by Gasteiger charge is 2.25. The van der Waals surface area contributed by atoms with E-state index >= 15 is 0 Å². The molecule has 0 aliphatic carbocycles. The molecule has 116 valence electrons. The van der Waals surface area contributed by atoms with E-state index in [1.165, 1.54) is 0 Å². The van der Waals surface area contributed by atoms with E-state index in [2.05, 4.69) is 15.3 Å². The number of ether oxygens (including phenoxy) is 1. The monoisotopic (exact) mass is 301 g/mol. The maximum absolute atomic E-state index is 12.3. The molecule has 1 saturated heterocycles. The minimum Gasteiger partial charge on any atom is -0.471 e. The third kappa shape index (κ3) is 3.60. The first-order chi connectivity index (χ1) is 10.7. The molecule has 2 aromatic heterocycles. The fourth-order valence-corrected chi connectivity index (χ4v) is 2.51. The Labute approximate surface area is 128 Å². The van der Waals surface area contributed by atoms with E-state index in [1.807, 2.05) is 30.0 Å². The van der Waals surface area contributed by atoms with Crippen LogP contribution >= 0.6 is 0 Å². The summed E-state index contributed by atoms with van der Waals surface area (Å²) in [6.07, 6.45) is 5.27. The second-order valence-corrected chi connectivity index (χ2v) is 5.44. The molecule has 0 spiro atoms. The summed E-state index contributed by atoms with van der Waals surface area (Å²) in [5.41, 5.74) is 0.854. The van der Waals surface area contributed by atoms with Crippen molar-refractivity contribution in [2.24, 2.45) is 0 Å². The van der Waals surface area contributed by atoms with Crippen LogP contribution in [-0.4, -0.2) is 50.0 Å². The second-order valence-electron chi connectivity index (χ2n) is 5.44. The molecule has 0 aromatic carbocycles. The lowest BCUT2D eigenvalue weighted by atomic mass is 10.1. The van der Waals surface area contributed by atoms with E-state index in [4.69, 9.17) is 4.74 Å². The second kappa shape index (κ2) is 6.55. The third-order valence-corrected chi connectivity index (χ3v) is 3.65. The average molecular weight is 301 g/mol. The van der Waals surface area contributed by atoms with Crippen molar-refractivity contribution in [2.75, 3.05) is 13.1 Å². The average Bonchev–Trinajstić information content (AvgIpc) is 3.03. The molecule has 0 saturated carbocycles. The molecule has 22 heavy (non-hydrogen) atoms. The third-order valence-electron chi connectivity index (χ3n) is 3.65. The number of piperidine rings is 1. The normalized spacial score (nSPS) is 18.2. The van der Waals surface area contributed by atoms with E-state index < -0.39 is 0 Å². The van der Waals surface area contributed by atoms with Crippen LogP contribution in [0.1, 0.15) is 18.5 Å². The van der Waals surface area contributed by atoms with Gasteiger partial charge < -0.3 is 9.64 Å². The highest BCUT2D eigenvalue weighted by atomic mass is 16.5. The van der Waals surface area contributed by atoms with Crippen molar-refractivity contribution in [3.8, 4) is 5.88 Å². The number of carbonyl (C=O) groups excluding carboxylic acids is 1. The first-order valence-electron chi connectivity index (χ1n) is 7.43. The van der Waals surface area contributed by atoms with E-state index in [1.54, 1.807) is 17.1 Å². The summed E-state index contributed by atoms with van der Waals surface area (Å²) in [5.74, 6) is 0.573. The van der Waals surface area contributed by atoms with Gasteiger partial charge in [0.25, 0.3) is 0 Å². The number of nitrogens with zero attached hydrogens (tertiary/aromatic N) is 5. The highest BCUT2D eigenvalue weighted by molar-refractivity contribution is 5.76. The zero-order valence-corrected chi connectivity index (χ0v) is 12.6. The highest BCUT2D eigenvalue weighted by Crippen LogP contribution is 2.16. The number of rotatable bonds is 4. The van der Waals surface area contributed by atoms with Crippen LogP contribution in [0, 0.1) is 6.92 Å². The molecule has 0 bridgehead atoms. The minimum absolute atomic E-state index is 0.0349.